The SMILES string of the molecule is COC(=O)CC(c1ccc(O)cc1)C1NC=CN1C. The molecule has 5 nitrogen and oxygen atoms in total. The second-order valence-electron chi connectivity index (χ2n) is 4.57. The molecule has 19 heavy (non-hydrogen) atoms. The van der Waals surface area contributed by atoms with Crippen molar-refractivity contribution in [1.82, 2.24) is 10.2 Å². The Balaban J connectivity index is 2.23. The molecule has 2 atom stereocenters. The topological polar surface area (TPSA) is 61.8 Å². The summed E-state index contributed by atoms with van der Waals surface area (Å²) in [7, 11) is 3.34. The van der Waals surface area contributed by atoms with E-state index in [1.54, 1.807) is 12.1 Å². The fourth-order valence-electron chi connectivity index (χ4n) is 2.27. The zero-order chi connectivity index (χ0) is 13.8. The van der Waals surface area contributed by atoms with Crippen LogP contribution >= 0.6 is 0 Å². The van der Waals surface area contributed by atoms with E-state index in [0.29, 0.717) is 0 Å². The van der Waals surface area contributed by atoms with E-state index in [9.17, 15) is 9.90 Å². The molecule has 102 valence electrons. The maximum atomic E-state index is 11.6. The first kappa shape index (κ1) is 13.3. The first-order chi connectivity index (χ1) is 9.11. The maximum absolute atomic E-state index is 11.6. The van der Waals surface area contributed by atoms with Gasteiger partial charge in [-0.05, 0) is 17.7 Å². The van der Waals surface area contributed by atoms with Gasteiger partial charge in [0.05, 0.1) is 13.5 Å². The standard InChI is InChI=1S/C14H18N2O3/c1-16-8-7-15-14(16)12(9-13(18)19-2)10-3-5-11(17)6-4-10/h3-8,12,14-15,17H,9H2,1-2H3. The Morgan fingerprint density at radius 1 is 1.47 bits per heavy atom. The zero-order valence-electron chi connectivity index (χ0n) is 11.0. The summed E-state index contributed by atoms with van der Waals surface area (Å²) in [6.45, 7) is 0. The maximum Gasteiger partial charge on any atom is 0.306 e. The van der Waals surface area contributed by atoms with E-state index in [1.807, 2.05) is 36.5 Å². The van der Waals surface area contributed by atoms with Gasteiger partial charge in [0.25, 0.3) is 0 Å². The molecule has 1 heterocycles. The molecule has 0 aromatic heterocycles. The molecule has 1 aliphatic heterocycles. The van der Waals surface area contributed by atoms with Crippen molar-refractivity contribution in [3.63, 3.8) is 0 Å². The average Bonchev–Trinajstić information content (AvgIpc) is 2.83. The highest BCUT2D eigenvalue weighted by Gasteiger charge is 2.29. The number of nitrogens with one attached hydrogen (secondary N) is 1. The Hall–Kier alpha value is -2.17. The Morgan fingerprint density at radius 3 is 2.68 bits per heavy atom. The van der Waals surface area contributed by atoms with E-state index in [0.717, 1.165) is 5.56 Å². The summed E-state index contributed by atoms with van der Waals surface area (Å²) in [6.07, 6.45) is 4.07. The summed E-state index contributed by atoms with van der Waals surface area (Å²) in [4.78, 5) is 13.6. The first-order valence-corrected chi connectivity index (χ1v) is 6.12. The van der Waals surface area contributed by atoms with Crippen LogP contribution in [0.25, 0.3) is 0 Å². The van der Waals surface area contributed by atoms with Crippen molar-refractivity contribution in [2.24, 2.45) is 0 Å². The number of benzene rings is 1. The number of hydrogen-bond donors (Lipinski definition) is 2. The molecule has 0 aliphatic carbocycles. The fraction of sp³-hybridized carbons (Fsp3) is 0.357. The normalized spacial score (nSPS) is 19.1. The third-order valence-corrected chi connectivity index (χ3v) is 3.33. The van der Waals surface area contributed by atoms with Crippen molar-refractivity contribution in [3.05, 3.63) is 42.2 Å². The number of phenols is 1. The molecular weight excluding hydrogens is 244 g/mol. The van der Waals surface area contributed by atoms with Gasteiger partial charge >= 0.3 is 5.97 Å². The molecule has 2 unspecified atom stereocenters. The number of methoxy groups -OCH3 is 1. The van der Waals surface area contributed by atoms with Crippen molar-refractivity contribution in [2.75, 3.05) is 14.2 Å². The van der Waals surface area contributed by atoms with E-state index >= 15 is 0 Å². The molecule has 5 heteroatoms. The average molecular weight is 262 g/mol. The Kier molecular flexibility index (Phi) is 3.94. The molecule has 2 rings (SSSR count). The van der Waals surface area contributed by atoms with Gasteiger partial charge in [-0.3, -0.25) is 4.79 Å². The summed E-state index contributed by atoms with van der Waals surface area (Å²) in [6, 6.07) is 6.91. The van der Waals surface area contributed by atoms with Crippen LogP contribution in [-0.2, 0) is 9.53 Å². The van der Waals surface area contributed by atoms with Gasteiger partial charge in [0.15, 0.2) is 0 Å². The van der Waals surface area contributed by atoms with Crippen molar-refractivity contribution < 1.29 is 14.6 Å². The molecule has 1 aromatic rings. The van der Waals surface area contributed by atoms with E-state index < -0.39 is 0 Å². The van der Waals surface area contributed by atoms with Gasteiger partial charge in [-0.25, -0.2) is 0 Å². The van der Waals surface area contributed by atoms with Crippen LogP contribution < -0.4 is 5.32 Å². The van der Waals surface area contributed by atoms with E-state index in [-0.39, 0.29) is 30.2 Å². The summed E-state index contributed by atoms with van der Waals surface area (Å²) in [5, 5.41) is 12.6. The minimum atomic E-state index is -0.250. The monoisotopic (exact) mass is 262 g/mol. The van der Waals surface area contributed by atoms with Gasteiger partial charge in [0, 0.05) is 25.4 Å². The van der Waals surface area contributed by atoms with Gasteiger partial charge in [0.2, 0.25) is 0 Å². The van der Waals surface area contributed by atoms with Crippen LogP contribution in [0.3, 0.4) is 0 Å². The van der Waals surface area contributed by atoms with Crippen molar-refractivity contribution >= 4 is 5.97 Å². The molecular formula is C14H18N2O3. The highest BCUT2D eigenvalue weighted by atomic mass is 16.5. The molecule has 1 aliphatic rings. The lowest BCUT2D eigenvalue weighted by atomic mass is 9.92. The number of esters is 1. The van der Waals surface area contributed by atoms with Crippen molar-refractivity contribution in [1.29, 1.82) is 0 Å². The molecule has 2 N–H and O–H groups in total. The molecule has 0 radical (unpaired) electrons. The molecule has 0 spiro atoms. The van der Waals surface area contributed by atoms with Crippen molar-refractivity contribution in [3.8, 4) is 5.75 Å². The quantitative estimate of drug-likeness (QED) is 0.803. The fourth-order valence-corrected chi connectivity index (χ4v) is 2.27. The molecule has 0 saturated heterocycles. The van der Waals surface area contributed by atoms with E-state index in [1.165, 1.54) is 7.11 Å². The van der Waals surface area contributed by atoms with Gasteiger partial charge < -0.3 is 20.1 Å². The van der Waals surface area contributed by atoms with E-state index in [2.05, 4.69) is 5.32 Å². The zero-order valence-corrected chi connectivity index (χ0v) is 11.0. The number of rotatable bonds is 4. The van der Waals surface area contributed by atoms with E-state index in [4.69, 9.17) is 4.74 Å². The van der Waals surface area contributed by atoms with Crippen LogP contribution in [0.5, 0.6) is 5.75 Å². The molecule has 1 aromatic carbocycles. The van der Waals surface area contributed by atoms with Gasteiger partial charge in [-0.15, -0.1) is 0 Å². The predicted molar refractivity (Wildman–Crippen MR) is 71.3 cm³/mol. The van der Waals surface area contributed by atoms with Gasteiger partial charge in [0.1, 0.15) is 11.9 Å². The van der Waals surface area contributed by atoms with Gasteiger partial charge in [-0.1, -0.05) is 12.1 Å². The van der Waals surface area contributed by atoms with Crippen LogP contribution in [0.4, 0.5) is 0 Å². The summed E-state index contributed by atoms with van der Waals surface area (Å²) < 4.78 is 4.77. The van der Waals surface area contributed by atoms with Crippen LogP contribution in [0.2, 0.25) is 0 Å². The number of likely N-dealkylation sites (N-methyl/N-ethyl adjacent to an activating group) is 1. The highest BCUT2D eigenvalue weighted by molar-refractivity contribution is 5.70. The number of carbonyl (C=O) groups excluding carboxylic acids is 1. The predicted octanol–water partition coefficient (Wildman–Crippen LogP) is 1.37. The minimum Gasteiger partial charge on any atom is -0.508 e. The van der Waals surface area contributed by atoms with Crippen LogP contribution in [0.1, 0.15) is 17.9 Å². The lowest BCUT2D eigenvalue weighted by Crippen LogP contribution is -2.39. The highest BCUT2D eigenvalue weighted by Crippen LogP contribution is 2.28. The van der Waals surface area contributed by atoms with Crippen LogP contribution in [0, 0.1) is 0 Å². The summed E-state index contributed by atoms with van der Waals surface area (Å²) in [5.41, 5.74) is 0.983. The van der Waals surface area contributed by atoms with Crippen LogP contribution in [0.15, 0.2) is 36.7 Å². The summed E-state index contributed by atoms with van der Waals surface area (Å²) >= 11 is 0. The van der Waals surface area contributed by atoms with Gasteiger partial charge in [-0.2, -0.15) is 0 Å². The summed E-state index contributed by atoms with van der Waals surface area (Å²) in [5.74, 6) is -0.0837. The Labute approximate surface area is 112 Å². The number of phenolic OH excluding ortho intramolecular Hbond substituents is 1. The lowest BCUT2D eigenvalue weighted by Gasteiger charge is -2.29. The Morgan fingerprint density at radius 2 is 2.16 bits per heavy atom. The molecule has 0 fully saturated rings. The largest absolute Gasteiger partial charge is 0.508 e. The number of hydrogen-bond acceptors (Lipinski definition) is 5. The number of carbonyl (C=O) groups is 1. The second kappa shape index (κ2) is 5.65. The Bertz CT molecular complexity index is 470. The molecule has 0 amide bonds. The third-order valence-electron chi connectivity index (χ3n) is 3.33. The lowest BCUT2D eigenvalue weighted by molar-refractivity contribution is -0.141. The van der Waals surface area contributed by atoms with Crippen molar-refractivity contribution in [2.45, 2.75) is 18.5 Å². The number of nitrogens with zero attached hydrogens (tertiary/aromatic N) is 1. The number of ether oxygens (including phenoxy) is 1. The van der Waals surface area contributed by atoms with Crippen LogP contribution in [-0.4, -0.2) is 36.3 Å². The third kappa shape index (κ3) is 2.99. The molecule has 0 bridgehead atoms. The first-order valence-electron chi connectivity index (χ1n) is 6.12. The smallest absolute Gasteiger partial charge is 0.306 e. The minimum absolute atomic E-state index is 0.00337. The molecule has 0 saturated carbocycles. The second-order valence-corrected chi connectivity index (χ2v) is 4.57. The number of aromatic hydroxyl groups is 1.